The highest BCUT2D eigenvalue weighted by molar-refractivity contribution is 4.80. The van der Waals surface area contributed by atoms with Crippen molar-refractivity contribution in [3.8, 4) is 0 Å². The van der Waals surface area contributed by atoms with Crippen molar-refractivity contribution >= 4 is 0 Å². The van der Waals surface area contributed by atoms with Crippen molar-refractivity contribution in [3.63, 3.8) is 0 Å². The topological polar surface area (TPSA) is 18.0 Å². The molecule has 0 aromatic carbocycles. The van der Waals surface area contributed by atoms with Crippen LogP contribution in [0.2, 0.25) is 0 Å². The molecule has 0 spiro atoms. The van der Waals surface area contributed by atoms with E-state index in [1.807, 2.05) is 0 Å². The number of aromatic nitrogens is 2. The van der Waals surface area contributed by atoms with E-state index in [-0.39, 0.29) is 0 Å². The summed E-state index contributed by atoms with van der Waals surface area (Å²) in [4.78, 5) is 0. The minimum Gasteiger partial charge on any atom is -0.338 e. The Hall–Kier alpha value is -0.830. The molecule has 1 aromatic rings. The van der Waals surface area contributed by atoms with Crippen LogP contribution in [0.4, 0.5) is 0 Å². The average Bonchev–Trinajstić information content (AvgIpc) is 2.84. The largest absolute Gasteiger partial charge is 0.338 e. The van der Waals surface area contributed by atoms with Gasteiger partial charge in [-0.2, -0.15) is 0 Å². The predicted molar refractivity (Wildman–Crippen MR) is 76.5 cm³/mol. The van der Waals surface area contributed by atoms with Crippen molar-refractivity contribution in [1.29, 1.82) is 0 Å². The average molecular weight is 265 g/mol. The van der Waals surface area contributed by atoms with E-state index in [1.54, 1.807) is 0 Å². The maximum absolute atomic E-state index is 6.22. The zero-order valence-electron chi connectivity index (χ0n) is 12.9. The summed E-state index contributed by atoms with van der Waals surface area (Å²) >= 11 is 0. The summed E-state index contributed by atoms with van der Waals surface area (Å²) in [5.41, 5.74) is 0. The summed E-state index contributed by atoms with van der Waals surface area (Å²) in [7, 11) is 0. The molecule has 1 aliphatic carbocycles. The van der Waals surface area contributed by atoms with Crippen LogP contribution < -0.4 is 4.57 Å². The molecule has 1 saturated carbocycles. The number of aryl methyl sites for hydroxylation is 1. The number of hydrogen-bond donors (Lipinski definition) is 0. The molecule has 3 heteroatoms. The van der Waals surface area contributed by atoms with Gasteiger partial charge in [0, 0.05) is 0 Å². The smallest absolute Gasteiger partial charge is 0.245 e. The number of hydrogen-bond acceptors (Lipinski definition) is 1. The van der Waals surface area contributed by atoms with Gasteiger partial charge in [-0.1, -0.05) is 27.2 Å². The fraction of sp³-hybridized carbons (Fsp3) is 0.812. The van der Waals surface area contributed by atoms with Crippen LogP contribution in [0.5, 0.6) is 0 Å². The van der Waals surface area contributed by atoms with Crippen LogP contribution in [0.15, 0.2) is 18.7 Å². The molecular weight excluding hydrogens is 236 g/mol. The summed E-state index contributed by atoms with van der Waals surface area (Å²) in [6.07, 6.45) is 10.7. The molecule has 0 radical (unpaired) electrons. The fourth-order valence-corrected chi connectivity index (χ4v) is 3.19. The van der Waals surface area contributed by atoms with E-state index < -0.39 is 0 Å². The van der Waals surface area contributed by atoms with Gasteiger partial charge in [-0.15, -0.1) is 0 Å². The SMILES string of the molecule is CCn1cc[n+](CO[C@@H]2C[C@H](C)CC[C@H]2C(C)C)c1. The maximum Gasteiger partial charge on any atom is 0.245 e. The Morgan fingerprint density at radius 3 is 2.79 bits per heavy atom. The van der Waals surface area contributed by atoms with Gasteiger partial charge in [0.05, 0.1) is 12.6 Å². The van der Waals surface area contributed by atoms with Crippen LogP contribution in [0.25, 0.3) is 0 Å². The summed E-state index contributed by atoms with van der Waals surface area (Å²) < 4.78 is 10.5. The van der Waals surface area contributed by atoms with Gasteiger partial charge in [-0.25, -0.2) is 9.13 Å². The van der Waals surface area contributed by atoms with Gasteiger partial charge in [0.1, 0.15) is 12.4 Å². The number of ether oxygens (including phenoxy) is 1. The van der Waals surface area contributed by atoms with Gasteiger partial charge in [0.25, 0.3) is 0 Å². The summed E-state index contributed by atoms with van der Waals surface area (Å²) in [6, 6.07) is 0. The molecule has 3 nitrogen and oxygen atoms in total. The molecular formula is C16H29N2O+. The third kappa shape index (κ3) is 3.82. The van der Waals surface area contributed by atoms with Crippen LogP contribution in [0, 0.1) is 17.8 Å². The van der Waals surface area contributed by atoms with Gasteiger partial charge in [-0.3, -0.25) is 0 Å². The highest BCUT2D eigenvalue weighted by Gasteiger charge is 2.31. The molecule has 1 aromatic heterocycles. The Morgan fingerprint density at radius 1 is 1.37 bits per heavy atom. The predicted octanol–water partition coefficient (Wildman–Crippen LogP) is 3.23. The summed E-state index contributed by atoms with van der Waals surface area (Å²) in [6.45, 7) is 10.9. The van der Waals surface area contributed by atoms with Gasteiger partial charge in [0.2, 0.25) is 6.33 Å². The molecule has 2 rings (SSSR count). The highest BCUT2D eigenvalue weighted by atomic mass is 16.5. The third-order valence-electron chi connectivity index (χ3n) is 4.51. The van der Waals surface area contributed by atoms with E-state index in [0.717, 1.165) is 24.3 Å². The number of rotatable bonds is 5. The van der Waals surface area contributed by atoms with Crippen molar-refractivity contribution in [3.05, 3.63) is 18.7 Å². The molecule has 0 aliphatic heterocycles. The van der Waals surface area contributed by atoms with Crippen LogP contribution in [-0.4, -0.2) is 10.7 Å². The molecule has 1 aliphatic rings. The van der Waals surface area contributed by atoms with Crippen LogP contribution in [0.3, 0.4) is 0 Å². The first-order valence-corrected chi connectivity index (χ1v) is 7.76. The third-order valence-corrected chi connectivity index (χ3v) is 4.51. The molecule has 1 fully saturated rings. The Labute approximate surface area is 117 Å². The van der Waals surface area contributed by atoms with Gasteiger partial charge < -0.3 is 4.74 Å². The quantitative estimate of drug-likeness (QED) is 0.748. The van der Waals surface area contributed by atoms with E-state index >= 15 is 0 Å². The first-order valence-electron chi connectivity index (χ1n) is 7.76. The molecule has 19 heavy (non-hydrogen) atoms. The summed E-state index contributed by atoms with van der Waals surface area (Å²) in [5.74, 6) is 2.26. The molecule has 0 unspecified atom stereocenters. The monoisotopic (exact) mass is 265 g/mol. The van der Waals surface area contributed by atoms with Crippen molar-refractivity contribution in [2.45, 2.75) is 66.3 Å². The zero-order valence-corrected chi connectivity index (χ0v) is 12.9. The molecule has 1 heterocycles. The Balaban J connectivity index is 1.91. The van der Waals surface area contributed by atoms with Crippen molar-refractivity contribution in [2.75, 3.05) is 0 Å². The Bertz CT molecular complexity index is 386. The van der Waals surface area contributed by atoms with Gasteiger partial charge in [-0.05, 0) is 37.5 Å². The first-order chi connectivity index (χ1) is 9.10. The van der Waals surface area contributed by atoms with Gasteiger partial charge >= 0.3 is 0 Å². The molecule has 108 valence electrons. The van der Waals surface area contributed by atoms with Gasteiger partial charge in [0.15, 0.2) is 6.73 Å². The Morgan fingerprint density at radius 2 is 2.16 bits per heavy atom. The van der Waals surface area contributed by atoms with Crippen molar-refractivity contribution < 1.29 is 9.30 Å². The fourth-order valence-electron chi connectivity index (χ4n) is 3.19. The molecule has 0 bridgehead atoms. The van der Waals surface area contributed by atoms with E-state index in [9.17, 15) is 0 Å². The second-order valence-electron chi connectivity index (χ2n) is 6.42. The lowest BCUT2D eigenvalue weighted by Crippen LogP contribution is -2.40. The highest BCUT2D eigenvalue weighted by Crippen LogP contribution is 2.35. The number of imidazole rings is 1. The van der Waals surface area contributed by atoms with E-state index in [2.05, 4.69) is 55.6 Å². The lowest BCUT2D eigenvalue weighted by molar-refractivity contribution is -0.735. The van der Waals surface area contributed by atoms with E-state index in [4.69, 9.17) is 4.74 Å². The second-order valence-corrected chi connectivity index (χ2v) is 6.42. The minimum absolute atomic E-state index is 0.432. The standard InChI is InChI=1S/C16H29N2O/c1-5-17-8-9-18(11-17)12-19-16-10-14(4)6-7-15(16)13(2)3/h8-9,11,13-16H,5-7,10,12H2,1-4H3/q+1/t14-,15+,16-/m1/s1. The molecule has 3 atom stereocenters. The van der Waals surface area contributed by atoms with Crippen LogP contribution in [0.1, 0.15) is 47.0 Å². The molecule has 0 N–H and O–H groups in total. The van der Waals surface area contributed by atoms with E-state index in [0.29, 0.717) is 12.8 Å². The summed E-state index contributed by atoms with van der Waals surface area (Å²) in [5, 5.41) is 0. The van der Waals surface area contributed by atoms with E-state index in [1.165, 1.54) is 19.3 Å². The normalized spacial score (nSPS) is 27.9. The number of nitrogens with zero attached hydrogens (tertiary/aromatic N) is 2. The lowest BCUT2D eigenvalue weighted by atomic mass is 9.75. The van der Waals surface area contributed by atoms with Crippen LogP contribution >= 0.6 is 0 Å². The van der Waals surface area contributed by atoms with Crippen LogP contribution in [-0.2, 0) is 18.0 Å². The first kappa shape index (κ1) is 14.6. The minimum atomic E-state index is 0.432. The lowest BCUT2D eigenvalue weighted by Gasteiger charge is -2.36. The molecule has 0 amide bonds. The zero-order chi connectivity index (χ0) is 13.8. The second kappa shape index (κ2) is 6.56. The Kier molecular flexibility index (Phi) is 5.03. The molecule has 0 saturated heterocycles. The van der Waals surface area contributed by atoms with Crippen molar-refractivity contribution in [1.82, 2.24) is 4.57 Å². The maximum atomic E-state index is 6.22. The van der Waals surface area contributed by atoms with Crippen molar-refractivity contribution in [2.24, 2.45) is 17.8 Å².